The van der Waals surface area contributed by atoms with Crippen LogP contribution in [0.2, 0.25) is 0 Å². The van der Waals surface area contributed by atoms with E-state index in [0.29, 0.717) is 19.3 Å². The summed E-state index contributed by atoms with van der Waals surface area (Å²) in [6, 6.07) is 0. The van der Waals surface area contributed by atoms with Gasteiger partial charge < -0.3 is 14.2 Å². The van der Waals surface area contributed by atoms with Gasteiger partial charge in [0.1, 0.15) is 13.2 Å². The molecule has 0 aliphatic heterocycles. The second kappa shape index (κ2) is 42.6. The Hall–Kier alpha value is -1.59. The lowest BCUT2D eigenvalue weighted by atomic mass is 10.0. The molecule has 0 aliphatic rings. The van der Waals surface area contributed by atoms with E-state index in [1.807, 2.05) is 0 Å². The summed E-state index contributed by atoms with van der Waals surface area (Å²) in [5.41, 5.74) is 0. The molecule has 1 atom stereocenters. The molecule has 320 valence electrons. The van der Waals surface area contributed by atoms with Gasteiger partial charge in [-0.1, -0.05) is 227 Å². The van der Waals surface area contributed by atoms with Gasteiger partial charge in [-0.2, -0.15) is 0 Å². The highest BCUT2D eigenvalue weighted by molar-refractivity contribution is 5.71. The molecule has 0 radical (unpaired) electrons. The molecule has 54 heavy (non-hydrogen) atoms. The van der Waals surface area contributed by atoms with Crippen LogP contribution in [-0.2, 0) is 28.6 Å². The number of ether oxygens (including phenoxy) is 3. The van der Waals surface area contributed by atoms with E-state index in [2.05, 4.69) is 27.7 Å². The summed E-state index contributed by atoms with van der Waals surface area (Å²) in [5.74, 6) is -0.00662. The maximum atomic E-state index is 12.7. The second-order valence-electron chi connectivity index (χ2n) is 16.9. The molecule has 0 heterocycles. The zero-order valence-corrected chi connectivity index (χ0v) is 36.7. The normalized spacial score (nSPS) is 11.9. The number of hydrogen-bond donors (Lipinski definition) is 0. The Labute approximate surface area is 336 Å². The molecule has 0 aliphatic carbocycles. The summed E-state index contributed by atoms with van der Waals surface area (Å²) in [6.45, 7) is 8.97. The summed E-state index contributed by atoms with van der Waals surface area (Å²) in [6.07, 6.45) is 42.4. The number of esters is 3. The van der Waals surface area contributed by atoms with Crippen molar-refractivity contribution in [2.75, 3.05) is 13.2 Å². The fourth-order valence-electron chi connectivity index (χ4n) is 7.16. The van der Waals surface area contributed by atoms with E-state index >= 15 is 0 Å². The van der Waals surface area contributed by atoms with Crippen LogP contribution in [0.4, 0.5) is 0 Å². The highest BCUT2D eigenvalue weighted by atomic mass is 16.6. The second-order valence-corrected chi connectivity index (χ2v) is 16.9. The molecule has 0 rings (SSSR count). The number of unbranched alkanes of at least 4 members (excludes halogenated alkanes) is 30. The van der Waals surface area contributed by atoms with Crippen molar-refractivity contribution < 1.29 is 28.6 Å². The first-order valence-corrected chi connectivity index (χ1v) is 23.9. The van der Waals surface area contributed by atoms with Crippen molar-refractivity contribution in [3.05, 3.63) is 0 Å². The number of carbonyl (C=O) groups excluding carboxylic acids is 3. The van der Waals surface area contributed by atoms with Gasteiger partial charge in [0.05, 0.1) is 0 Å². The molecule has 0 aromatic carbocycles. The molecular formula is C48H92O6. The molecule has 0 saturated heterocycles. The van der Waals surface area contributed by atoms with E-state index < -0.39 is 6.10 Å². The van der Waals surface area contributed by atoms with E-state index in [1.165, 1.54) is 161 Å². The standard InChI is InChI=1S/C48H92O6/c1-5-7-9-11-13-14-24-28-32-36-40-47(50)53-43-45(42-52-46(49)39-35-31-26-12-10-8-6-2)54-48(51)41-37-33-29-25-22-20-18-16-15-17-19-21-23-27-30-34-38-44(3)4/h44-45H,5-43H2,1-4H3/t45-/m0/s1. The van der Waals surface area contributed by atoms with Crippen LogP contribution >= 0.6 is 0 Å². The summed E-state index contributed by atoms with van der Waals surface area (Å²) in [7, 11) is 0. The first-order chi connectivity index (χ1) is 26.4. The minimum absolute atomic E-state index is 0.0639. The van der Waals surface area contributed by atoms with Crippen molar-refractivity contribution >= 4 is 17.9 Å². The third kappa shape index (κ3) is 41.6. The number of carbonyl (C=O) groups is 3. The van der Waals surface area contributed by atoms with Gasteiger partial charge in [0, 0.05) is 19.3 Å². The van der Waals surface area contributed by atoms with Gasteiger partial charge >= 0.3 is 17.9 Å². The van der Waals surface area contributed by atoms with E-state index in [-0.39, 0.29) is 31.1 Å². The topological polar surface area (TPSA) is 78.9 Å². The lowest BCUT2D eigenvalue weighted by molar-refractivity contribution is -0.167. The summed E-state index contributed by atoms with van der Waals surface area (Å²) in [4.78, 5) is 37.6. The Morgan fingerprint density at radius 1 is 0.352 bits per heavy atom. The van der Waals surface area contributed by atoms with Gasteiger partial charge in [0.25, 0.3) is 0 Å². The molecule has 0 amide bonds. The minimum atomic E-state index is -0.758. The Bertz CT molecular complexity index is 811. The van der Waals surface area contributed by atoms with E-state index in [0.717, 1.165) is 63.7 Å². The third-order valence-corrected chi connectivity index (χ3v) is 10.8. The largest absolute Gasteiger partial charge is 0.462 e. The monoisotopic (exact) mass is 765 g/mol. The molecule has 0 aromatic rings. The smallest absolute Gasteiger partial charge is 0.306 e. The summed E-state index contributed by atoms with van der Waals surface area (Å²) >= 11 is 0. The maximum absolute atomic E-state index is 12.7. The third-order valence-electron chi connectivity index (χ3n) is 10.8. The van der Waals surface area contributed by atoms with Crippen molar-refractivity contribution in [2.45, 2.75) is 271 Å². The minimum Gasteiger partial charge on any atom is -0.462 e. The SMILES string of the molecule is CCCCCCCCCCCCC(=O)OC[C@H](COC(=O)CCCCCCCCC)OC(=O)CCCCCCCCCCCCCCCCCCC(C)C. The summed E-state index contributed by atoms with van der Waals surface area (Å²) in [5, 5.41) is 0. The van der Waals surface area contributed by atoms with Crippen molar-refractivity contribution in [1.29, 1.82) is 0 Å². The zero-order valence-electron chi connectivity index (χ0n) is 36.7. The summed E-state index contributed by atoms with van der Waals surface area (Å²) < 4.78 is 16.7. The van der Waals surface area contributed by atoms with Gasteiger partial charge in [0.2, 0.25) is 0 Å². The Kier molecular flexibility index (Phi) is 41.3. The maximum Gasteiger partial charge on any atom is 0.306 e. The molecule has 0 bridgehead atoms. The van der Waals surface area contributed by atoms with Gasteiger partial charge in [-0.3, -0.25) is 14.4 Å². The van der Waals surface area contributed by atoms with Crippen LogP contribution in [0, 0.1) is 5.92 Å². The molecule has 0 aromatic heterocycles. The predicted octanol–water partition coefficient (Wildman–Crippen LogP) is 15.1. The molecule has 0 spiro atoms. The van der Waals surface area contributed by atoms with Crippen molar-refractivity contribution in [3.8, 4) is 0 Å². The molecule has 0 N–H and O–H groups in total. The highest BCUT2D eigenvalue weighted by Gasteiger charge is 2.19. The van der Waals surface area contributed by atoms with E-state index in [4.69, 9.17) is 14.2 Å². The van der Waals surface area contributed by atoms with Gasteiger partial charge in [-0.05, 0) is 25.2 Å². The average molecular weight is 765 g/mol. The quantitative estimate of drug-likeness (QED) is 0.0349. The first-order valence-electron chi connectivity index (χ1n) is 23.9. The molecular weight excluding hydrogens is 673 g/mol. The fourth-order valence-corrected chi connectivity index (χ4v) is 7.16. The number of hydrogen-bond acceptors (Lipinski definition) is 6. The average Bonchev–Trinajstić information content (AvgIpc) is 3.15. The lowest BCUT2D eigenvalue weighted by Crippen LogP contribution is -2.30. The lowest BCUT2D eigenvalue weighted by Gasteiger charge is -2.18. The first kappa shape index (κ1) is 52.4. The van der Waals surface area contributed by atoms with E-state index in [9.17, 15) is 14.4 Å². The Morgan fingerprint density at radius 2 is 0.611 bits per heavy atom. The van der Waals surface area contributed by atoms with E-state index in [1.54, 1.807) is 0 Å². The Morgan fingerprint density at radius 3 is 0.907 bits per heavy atom. The molecule has 6 nitrogen and oxygen atoms in total. The van der Waals surface area contributed by atoms with Crippen LogP contribution in [0.15, 0.2) is 0 Å². The molecule has 6 heteroatoms. The van der Waals surface area contributed by atoms with Crippen LogP contribution in [0.5, 0.6) is 0 Å². The van der Waals surface area contributed by atoms with Crippen molar-refractivity contribution in [3.63, 3.8) is 0 Å². The van der Waals surface area contributed by atoms with Crippen molar-refractivity contribution in [1.82, 2.24) is 0 Å². The van der Waals surface area contributed by atoms with Crippen LogP contribution < -0.4 is 0 Å². The zero-order chi connectivity index (χ0) is 39.6. The van der Waals surface area contributed by atoms with Gasteiger partial charge in [-0.15, -0.1) is 0 Å². The fraction of sp³-hybridized carbons (Fsp3) is 0.938. The molecule has 0 saturated carbocycles. The predicted molar refractivity (Wildman–Crippen MR) is 229 cm³/mol. The molecule has 0 unspecified atom stereocenters. The van der Waals surface area contributed by atoms with Crippen LogP contribution in [0.25, 0.3) is 0 Å². The van der Waals surface area contributed by atoms with Gasteiger partial charge in [0.15, 0.2) is 6.10 Å². The van der Waals surface area contributed by atoms with Crippen LogP contribution in [0.3, 0.4) is 0 Å². The molecule has 0 fully saturated rings. The Balaban J connectivity index is 4.17. The van der Waals surface area contributed by atoms with Crippen LogP contribution in [0.1, 0.15) is 265 Å². The highest BCUT2D eigenvalue weighted by Crippen LogP contribution is 2.17. The van der Waals surface area contributed by atoms with Crippen molar-refractivity contribution in [2.24, 2.45) is 5.92 Å². The van der Waals surface area contributed by atoms with Crippen LogP contribution in [-0.4, -0.2) is 37.2 Å². The van der Waals surface area contributed by atoms with Gasteiger partial charge in [-0.25, -0.2) is 0 Å². The number of rotatable bonds is 43.